The predicted octanol–water partition coefficient (Wildman–Crippen LogP) is 2.69. The third kappa shape index (κ3) is 5.52. The Labute approximate surface area is 135 Å². The molecule has 7 nitrogen and oxygen atoms in total. The number of benzene rings is 1. The van der Waals surface area contributed by atoms with E-state index in [2.05, 4.69) is 10.2 Å². The zero-order valence-corrected chi connectivity index (χ0v) is 13.7. The van der Waals surface area contributed by atoms with E-state index < -0.39 is 10.5 Å². The molecule has 0 saturated carbocycles. The van der Waals surface area contributed by atoms with Gasteiger partial charge in [-0.1, -0.05) is 12.1 Å². The number of hydrogen-bond donors (Lipinski definition) is 1. The highest BCUT2D eigenvalue weighted by Crippen LogP contribution is 2.17. The number of amides is 1. The summed E-state index contributed by atoms with van der Waals surface area (Å²) < 4.78 is 5.26. The Hall–Kier alpha value is -2.15. The fourth-order valence-electron chi connectivity index (χ4n) is 2.55. The van der Waals surface area contributed by atoms with Crippen LogP contribution in [0.4, 0.5) is 10.5 Å². The van der Waals surface area contributed by atoms with E-state index in [-0.39, 0.29) is 17.8 Å². The van der Waals surface area contributed by atoms with Crippen LogP contribution in [-0.4, -0.2) is 40.6 Å². The van der Waals surface area contributed by atoms with Crippen LogP contribution in [0, 0.1) is 10.1 Å². The molecule has 126 valence electrons. The van der Waals surface area contributed by atoms with Crippen LogP contribution in [0.3, 0.4) is 0 Å². The van der Waals surface area contributed by atoms with Crippen LogP contribution in [0.15, 0.2) is 24.3 Å². The molecular weight excluding hydrogens is 298 g/mol. The van der Waals surface area contributed by atoms with Crippen molar-refractivity contribution in [2.24, 2.45) is 0 Å². The average molecular weight is 321 g/mol. The van der Waals surface area contributed by atoms with E-state index in [1.165, 1.54) is 12.1 Å². The molecule has 1 unspecified atom stereocenters. The predicted molar refractivity (Wildman–Crippen MR) is 86.1 cm³/mol. The molecule has 1 aliphatic rings. The number of rotatable bonds is 4. The van der Waals surface area contributed by atoms with Crippen molar-refractivity contribution in [2.45, 2.75) is 45.4 Å². The van der Waals surface area contributed by atoms with Gasteiger partial charge in [-0.2, -0.15) is 0 Å². The standard InChI is InChI=1S/C16H23N3O4/c1-16(2,3)23-15(20)17-13-8-9-18(11-13)10-12-4-6-14(7-5-12)19(21)22/h4-7,13H,8-11H2,1-3H3,(H,17,20). The molecule has 1 N–H and O–H groups in total. The van der Waals surface area contributed by atoms with Crippen LogP contribution in [0.5, 0.6) is 0 Å². The van der Waals surface area contributed by atoms with E-state index in [1.54, 1.807) is 12.1 Å². The Morgan fingerprint density at radius 2 is 2.04 bits per heavy atom. The maximum atomic E-state index is 11.8. The van der Waals surface area contributed by atoms with E-state index in [0.29, 0.717) is 6.54 Å². The first-order valence-corrected chi connectivity index (χ1v) is 7.68. The Morgan fingerprint density at radius 1 is 1.39 bits per heavy atom. The van der Waals surface area contributed by atoms with E-state index in [4.69, 9.17) is 4.74 Å². The third-order valence-corrected chi connectivity index (χ3v) is 3.55. The zero-order chi connectivity index (χ0) is 17.0. The molecule has 1 saturated heterocycles. The molecule has 0 radical (unpaired) electrons. The number of carbonyl (C=O) groups is 1. The van der Waals surface area contributed by atoms with E-state index in [1.807, 2.05) is 20.8 Å². The number of alkyl carbamates (subject to hydrolysis) is 1. The Balaban J connectivity index is 1.81. The number of nitro groups is 1. The van der Waals surface area contributed by atoms with Gasteiger partial charge >= 0.3 is 6.09 Å². The van der Waals surface area contributed by atoms with E-state index in [0.717, 1.165) is 25.1 Å². The van der Waals surface area contributed by atoms with Crippen molar-refractivity contribution in [1.29, 1.82) is 0 Å². The number of nitro benzene ring substituents is 1. The first-order valence-electron chi connectivity index (χ1n) is 7.68. The van der Waals surface area contributed by atoms with Gasteiger partial charge < -0.3 is 10.1 Å². The molecular formula is C16H23N3O4. The van der Waals surface area contributed by atoms with Crippen molar-refractivity contribution >= 4 is 11.8 Å². The summed E-state index contributed by atoms with van der Waals surface area (Å²) in [6.07, 6.45) is 0.478. The minimum Gasteiger partial charge on any atom is -0.444 e. The normalized spacial score (nSPS) is 18.7. The minimum atomic E-state index is -0.499. The topological polar surface area (TPSA) is 84.7 Å². The van der Waals surface area contributed by atoms with Gasteiger partial charge in [0, 0.05) is 37.8 Å². The average Bonchev–Trinajstić information content (AvgIpc) is 2.84. The molecule has 0 spiro atoms. The fraction of sp³-hybridized carbons (Fsp3) is 0.562. The maximum absolute atomic E-state index is 11.8. The molecule has 0 aliphatic carbocycles. The van der Waals surface area contributed by atoms with Crippen LogP contribution in [0.25, 0.3) is 0 Å². The van der Waals surface area contributed by atoms with Crippen molar-refractivity contribution in [3.05, 3.63) is 39.9 Å². The van der Waals surface area contributed by atoms with Gasteiger partial charge in [0.05, 0.1) is 4.92 Å². The molecule has 1 atom stereocenters. The number of non-ortho nitro benzene ring substituents is 1. The smallest absolute Gasteiger partial charge is 0.407 e. The van der Waals surface area contributed by atoms with Crippen LogP contribution >= 0.6 is 0 Å². The van der Waals surface area contributed by atoms with Gasteiger partial charge in [-0.3, -0.25) is 15.0 Å². The maximum Gasteiger partial charge on any atom is 0.407 e. The monoisotopic (exact) mass is 321 g/mol. The van der Waals surface area contributed by atoms with Gasteiger partial charge in [0.25, 0.3) is 5.69 Å². The molecule has 2 rings (SSSR count). The lowest BCUT2D eigenvalue weighted by Gasteiger charge is -2.22. The molecule has 1 aliphatic heterocycles. The Morgan fingerprint density at radius 3 is 2.61 bits per heavy atom. The van der Waals surface area contributed by atoms with Gasteiger partial charge in [0.1, 0.15) is 5.60 Å². The summed E-state index contributed by atoms with van der Waals surface area (Å²) in [6, 6.07) is 6.64. The van der Waals surface area contributed by atoms with Crippen LogP contribution in [-0.2, 0) is 11.3 Å². The number of carbonyl (C=O) groups excluding carboxylic acids is 1. The fourth-order valence-corrected chi connectivity index (χ4v) is 2.55. The second kappa shape index (κ2) is 6.95. The van der Waals surface area contributed by atoms with Gasteiger partial charge in [0.15, 0.2) is 0 Å². The van der Waals surface area contributed by atoms with Gasteiger partial charge in [-0.05, 0) is 32.8 Å². The van der Waals surface area contributed by atoms with Crippen molar-refractivity contribution in [2.75, 3.05) is 13.1 Å². The Bertz CT molecular complexity index is 566. The minimum absolute atomic E-state index is 0.0721. The summed E-state index contributed by atoms with van der Waals surface area (Å²) >= 11 is 0. The quantitative estimate of drug-likeness (QED) is 0.681. The van der Waals surface area contributed by atoms with Gasteiger partial charge in [0.2, 0.25) is 0 Å². The molecule has 1 fully saturated rings. The van der Waals surface area contributed by atoms with Crippen molar-refractivity contribution < 1.29 is 14.5 Å². The first kappa shape index (κ1) is 17.2. The molecule has 0 aromatic heterocycles. The molecule has 0 bridgehead atoms. The second-order valence-electron chi connectivity index (χ2n) is 6.79. The summed E-state index contributed by atoms with van der Waals surface area (Å²) in [7, 11) is 0. The summed E-state index contributed by atoms with van der Waals surface area (Å²) in [5, 5.41) is 13.5. The first-order chi connectivity index (χ1) is 10.7. The lowest BCUT2D eigenvalue weighted by molar-refractivity contribution is -0.384. The number of likely N-dealkylation sites (tertiary alicyclic amines) is 1. The van der Waals surface area contributed by atoms with Gasteiger partial charge in [-0.25, -0.2) is 4.79 Å². The summed E-state index contributed by atoms with van der Waals surface area (Å²) in [5.74, 6) is 0. The number of nitrogens with zero attached hydrogens (tertiary/aromatic N) is 2. The van der Waals surface area contributed by atoms with Crippen LogP contribution in [0.2, 0.25) is 0 Å². The summed E-state index contributed by atoms with van der Waals surface area (Å²) in [6.45, 7) is 7.84. The molecule has 1 aromatic carbocycles. The molecule has 1 heterocycles. The second-order valence-corrected chi connectivity index (χ2v) is 6.79. The number of nitrogens with one attached hydrogen (secondary N) is 1. The largest absolute Gasteiger partial charge is 0.444 e. The highest BCUT2D eigenvalue weighted by atomic mass is 16.6. The third-order valence-electron chi connectivity index (χ3n) is 3.55. The van der Waals surface area contributed by atoms with Crippen molar-refractivity contribution in [3.63, 3.8) is 0 Å². The highest BCUT2D eigenvalue weighted by molar-refractivity contribution is 5.68. The molecule has 23 heavy (non-hydrogen) atoms. The lowest BCUT2D eigenvalue weighted by atomic mass is 10.2. The SMILES string of the molecule is CC(C)(C)OC(=O)NC1CCN(Cc2ccc([N+](=O)[O-])cc2)C1. The van der Waals surface area contributed by atoms with Crippen molar-refractivity contribution in [3.8, 4) is 0 Å². The van der Waals surface area contributed by atoms with E-state index >= 15 is 0 Å². The summed E-state index contributed by atoms with van der Waals surface area (Å²) in [4.78, 5) is 24.2. The highest BCUT2D eigenvalue weighted by Gasteiger charge is 2.26. The number of hydrogen-bond acceptors (Lipinski definition) is 5. The van der Waals surface area contributed by atoms with Crippen molar-refractivity contribution in [1.82, 2.24) is 10.2 Å². The van der Waals surface area contributed by atoms with Crippen LogP contribution < -0.4 is 5.32 Å². The number of ether oxygens (including phenoxy) is 1. The Kier molecular flexibility index (Phi) is 5.20. The van der Waals surface area contributed by atoms with Crippen LogP contribution in [0.1, 0.15) is 32.8 Å². The zero-order valence-electron chi connectivity index (χ0n) is 13.7. The van der Waals surface area contributed by atoms with Gasteiger partial charge in [-0.15, -0.1) is 0 Å². The summed E-state index contributed by atoms with van der Waals surface area (Å²) in [5.41, 5.74) is 0.620. The molecule has 7 heteroatoms. The lowest BCUT2D eigenvalue weighted by Crippen LogP contribution is -2.40. The molecule has 1 aromatic rings. The van der Waals surface area contributed by atoms with E-state index in [9.17, 15) is 14.9 Å². The molecule has 1 amide bonds.